The highest BCUT2D eigenvalue weighted by Crippen LogP contribution is 1.88. The van der Waals surface area contributed by atoms with Gasteiger partial charge in [-0.25, -0.2) is 4.39 Å². The molecule has 0 aliphatic carbocycles. The Kier molecular flexibility index (Phi) is 15.7. The molecule has 0 fully saturated rings. The molecular weight excluding hydrogens is 271 g/mol. The second kappa shape index (κ2) is 16.3. The first-order chi connectivity index (χ1) is 9.81. The Morgan fingerprint density at radius 1 is 0.800 bits per heavy atom. The summed E-state index contributed by atoms with van der Waals surface area (Å²) in [6, 6.07) is 0. The molecule has 0 spiro atoms. The summed E-state index contributed by atoms with van der Waals surface area (Å²) in [5.74, 6) is -0.253. The number of ether oxygens (including phenoxy) is 5. The van der Waals surface area contributed by atoms with E-state index in [1.54, 1.807) is 6.92 Å². The van der Waals surface area contributed by atoms with Crippen LogP contribution in [-0.4, -0.2) is 72.1 Å². The quantitative estimate of drug-likeness (QED) is 0.331. The number of rotatable bonds is 15. The predicted molar refractivity (Wildman–Crippen MR) is 70.5 cm³/mol. The molecule has 0 aromatic carbocycles. The summed E-state index contributed by atoms with van der Waals surface area (Å²) < 4.78 is 36.9. The van der Waals surface area contributed by atoms with E-state index < -0.39 is 6.67 Å². The van der Waals surface area contributed by atoms with Gasteiger partial charge < -0.3 is 23.7 Å². The van der Waals surface area contributed by atoms with Crippen LogP contribution in [0.1, 0.15) is 13.3 Å². The lowest BCUT2D eigenvalue weighted by atomic mass is 10.5. The van der Waals surface area contributed by atoms with Gasteiger partial charge in [0.1, 0.15) is 6.67 Å². The summed E-state index contributed by atoms with van der Waals surface area (Å²) in [5.41, 5.74) is 0. The fraction of sp³-hybridized carbons (Fsp3) is 0.923. The second-order valence-corrected chi connectivity index (χ2v) is 3.69. The summed E-state index contributed by atoms with van der Waals surface area (Å²) >= 11 is 0. The maximum Gasteiger partial charge on any atom is 0.308 e. The minimum atomic E-state index is -0.473. The highest BCUT2D eigenvalue weighted by Gasteiger charge is 2.00. The van der Waals surface area contributed by atoms with E-state index in [-0.39, 0.29) is 19.0 Å². The lowest BCUT2D eigenvalue weighted by Gasteiger charge is -2.07. The first-order valence-electron chi connectivity index (χ1n) is 6.83. The normalized spacial score (nSPS) is 10.7. The zero-order valence-corrected chi connectivity index (χ0v) is 12.1. The Bertz CT molecular complexity index is 215. The molecule has 0 aliphatic rings. The smallest absolute Gasteiger partial charge is 0.308 e. The van der Waals surface area contributed by atoms with Crippen LogP contribution in [0.4, 0.5) is 4.39 Å². The molecule has 0 saturated carbocycles. The van der Waals surface area contributed by atoms with E-state index in [2.05, 4.69) is 0 Å². The topological polar surface area (TPSA) is 63.2 Å². The third kappa shape index (κ3) is 15.3. The minimum absolute atomic E-state index is 0.114. The van der Waals surface area contributed by atoms with Crippen LogP contribution in [0.25, 0.3) is 0 Å². The van der Waals surface area contributed by atoms with Crippen LogP contribution in [0.2, 0.25) is 0 Å². The molecule has 6 nitrogen and oxygen atoms in total. The lowest BCUT2D eigenvalue weighted by Crippen LogP contribution is -2.13. The zero-order chi connectivity index (χ0) is 14.9. The third-order valence-corrected chi connectivity index (χ3v) is 2.09. The van der Waals surface area contributed by atoms with Crippen LogP contribution in [0.3, 0.4) is 0 Å². The van der Waals surface area contributed by atoms with Crippen LogP contribution in [-0.2, 0) is 28.5 Å². The molecule has 0 atom stereocenters. The molecule has 0 bridgehead atoms. The Hall–Kier alpha value is -0.760. The molecular formula is C13H25FO6. The Morgan fingerprint density at radius 3 is 1.70 bits per heavy atom. The summed E-state index contributed by atoms with van der Waals surface area (Å²) in [4.78, 5) is 11.0. The summed E-state index contributed by atoms with van der Waals surface area (Å²) in [5, 5.41) is 0. The van der Waals surface area contributed by atoms with Crippen molar-refractivity contribution in [3.05, 3.63) is 0 Å². The van der Waals surface area contributed by atoms with Crippen LogP contribution in [0.15, 0.2) is 0 Å². The van der Waals surface area contributed by atoms with Crippen molar-refractivity contribution in [1.29, 1.82) is 0 Å². The lowest BCUT2D eigenvalue weighted by molar-refractivity contribution is -0.144. The second-order valence-electron chi connectivity index (χ2n) is 3.69. The number of carbonyl (C=O) groups is 1. The van der Waals surface area contributed by atoms with Crippen molar-refractivity contribution < 1.29 is 32.9 Å². The monoisotopic (exact) mass is 296 g/mol. The van der Waals surface area contributed by atoms with Gasteiger partial charge in [0, 0.05) is 0 Å². The first-order valence-corrected chi connectivity index (χ1v) is 6.83. The molecule has 0 aliphatic heterocycles. The van der Waals surface area contributed by atoms with E-state index >= 15 is 0 Å². The van der Waals surface area contributed by atoms with Crippen molar-refractivity contribution in [2.75, 3.05) is 66.1 Å². The maximum atomic E-state index is 11.7. The van der Waals surface area contributed by atoms with Gasteiger partial charge in [0.25, 0.3) is 0 Å². The highest BCUT2D eigenvalue weighted by molar-refractivity contribution is 5.69. The number of hydrogen-bond donors (Lipinski definition) is 0. The van der Waals surface area contributed by atoms with Gasteiger partial charge in [0.2, 0.25) is 0 Å². The van der Waals surface area contributed by atoms with Crippen molar-refractivity contribution in [1.82, 2.24) is 0 Å². The molecule has 0 heterocycles. The van der Waals surface area contributed by atoms with Crippen LogP contribution in [0.5, 0.6) is 0 Å². The van der Waals surface area contributed by atoms with Gasteiger partial charge in [0.15, 0.2) is 0 Å². The summed E-state index contributed by atoms with van der Waals surface area (Å²) in [6.07, 6.45) is 0.260. The Morgan fingerprint density at radius 2 is 1.25 bits per heavy atom. The fourth-order valence-corrected chi connectivity index (χ4v) is 1.21. The van der Waals surface area contributed by atoms with E-state index in [9.17, 15) is 9.18 Å². The summed E-state index contributed by atoms with van der Waals surface area (Å²) in [6.45, 7) is 4.76. The van der Waals surface area contributed by atoms with Gasteiger partial charge in [-0.3, -0.25) is 4.79 Å². The van der Waals surface area contributed by atoms with E-state index in [4.69, 9.17) is 23.7 Å². The molecule has 20 heavy (non-hydrogen) atoms. The van der Waals surface area contributed by atoms with E-state index in [1.165, 1.54) is 0 Å². The predicted octanol–water partition coefficient (Wildman–Crippen LogP) is 0.976. The molecule has 0 aromatic rings. The largest absolute Gasteiger partial charge is 0.466 e. The van der Waals surface area contributed by atoms with E-state index in [0.29, 0.717) is 52.9 Å². The number of carbonyl (C=O) groups excluding carboxylic acids is 1. The number of esters is 1. The van der Waals surface area contributed by atoms with Crippen molar-refractivity contribution in [2.24, 2.45) is 0 Å². The molecule has 0 unspecified atom stereocenters. The maximum absolute atomic E-state index is 11.7. The highest BCUT2D eigenvalue weighted by atomic mass is 19.1. The van der Waals surface area contributed by atoms with Crippen LogP contribution >= 0.6 is 0 Å². The van der Waals surface area contributed by atoms with Crippen LogP contribution < -0.4 is 0 Å². The van der Waals surface area contributed by atoms with Crippen molar-refractivity contribution >= 4 is 5.97 Å². The third-order valence-electron chi connectivity index (χ3n) is 2.09. The molecule has 0 radical (unpaired) electrons. The molecule has 0 saturated heterocycles. The SMILES string of the molecule is CCOC(=O)CCOCCOCCOCCOCCF. The first kappa shape index (κ1) is 19.2. The number of halogens is 1. The van der Waals surface area contributed by atoms with E-state index in [0.717, 1.165) is 0 Å². The molecule has 0 rings (SSSR count). The minimum Gasteiger partial charge on any atom is -0.466 e. The average molecular weight is 296 g/mol. The number of alkyl halides is 1. The van der Waals surface area contributed by atoms with Gasteiger partial charge in [-0.15, -0.1) is 0 Å². The Labute approximate surface area is 119 Å². The molecule has 7 heteroatoms. The average Bonchev–Trinajstić information content (AvgIpc) is 2.44. The van der Waals surface area contributed by atoms with Gasteiger partial charge in [-0.05, 0) is 6.92 Å². The fourth-order valence-electron chi connectivity index (χ4n) is 1.21. The standard InChI is InChI=1S/C13H25FO6/c1-2-20-13(15)3-5-16-7-9-18-11-12-19-10-8-17-6-4-14/h2-12H2,1H3. The zero-order valence-electron chi connectivity index (χ0n) is 12.1. The summed E-state index contributed by atoms with van der Waals surface area (Å²) in [7, 11) is 0. The van der Waals surface area contributed by atoms with Crippen molar-refractivity contribution in [2.45, 2.75) is 13.3 Å². The molecule has 0 amide bonds. The van der Waals surface area contributed by atoms with Crippen molar-refractivity contribution in [3.63, 3.8) is 0 Å². The van der Waals surface area contributed by atoms with E-state index in [1.807, 2.05) is 0 Å². The van der Waals surface area contributed by atoms with Gasteiger partial charge in [-0.2, -0.15) is 0 Å². The van der Waals surface area contributed by atoms with Gasteiger partial charge in [0.05, 0.1) is 65.9 Å². The van der Waals surface area contributed by atoms with Crippen molar-refractivity contribution in [3.8, 4) is 0 Å². The van der Waals surface area contributed by atoms with Gasteiger partial charge in [-0.1, -0.05) is 0 Å². The molecule has 0 N–H and O–H groups in total. The Balaban J connectivity index is 3.01. The number of hydrogen-bond acceptors (Lipinski definition) is 6. The van der Waals surface area contributed by atoms with Crippen LogP contribution in [0, 0.1) is 0 Å². The molecule has 120 valence electrons. The van der Waals surface area contributed by atoms with Gasteiger partial charge >= 0.3 is 5.97 Å². The molecule has 0 aromatic heterocycles.